The lowest BCUT2D eigenvalue weighted by molar-refractivity contribution is -0.129. The van der Waals surface area contributed by atoms with Gasteiger partial charge in [-0.25, -0.2) is 4.79 Å². The van der Waals surface area contributed by atoms with Gasteiger partial charge in [0.1, 0.15) is 12.1 Å². The fourth-order valence-corrected chi connectivity index (χ4v) is 3.00. The summed E-state index contributed by atoms with van der Waals surface area (Å²) in [6.07, 6.45) is -0.489. The van der Waals surface area contributed by atoms with Crippen LogP contribution in [0.4, 0.5) is 16.2 Å². The Morgan fingerprint density at radius 3 is 2.37 bits per heavy atom. The normalized spacial score (nSPS) is 16.4. The molecule has 4 amide bonds. The maximum atomic E-state index is 12.5. The van der Waals surface area contributed by atoms with Crippen LogP contribution < -0.4 is 16.0 Å². The third-order valence-electron chi connectivity index (χ3n) is 4.36. The largest absolute Gasteiger partial charge is 0.444 e. The number of amides is 4. The molecule has 1 saturated heterocycles. The Labute approximate surface area is 176 Å². The molecule has 0 radical (unpaired) electrons. The Morgan fingerprint density at radius 1 is 1.17 bits per heavy atom. The zero-order chi connectivity index (χ0) is 22.5. The van der Waals surface area contributed by atoms with Crippen LogP contribution in [0.2, 0.25) is 0 Å². The fourth-order valence-electron chi connectivity index (χ4n) is 3.00. The lowest BCUT2D eigenvalue weighted by Gasteiger charge is -2.20. The zero-order valence-electron chi connectivity index (χ0n) is 18.1. The van der Waals surface area contributed by atoms with Gasteiger partial charge < -0.3 is 25.6 Å². The summed E-state index contributed by atoms with van der Waals surface area (Å²) < 4.78 is 5.07. The second-order valence-corrected chi connectivity index (χ2v) is 8.51. The van der Waals surface area contributed by atoms with E-state index in [0.29, 0.717) is 17.9 Å². The van der Waals surface area contributed by atoms with Gasteiger partial charge in [0.05, 0.1) is 5.92 Å². The molecule has 1 aromatic rings. The van der Waals surface area contributed by atoms with Crippen molar-refractivity contribution in [2.45, 2.75) is 52.7 Å². The van der Waals surface area contributed by atoms with Crippen LogP contribution in [0, 0.1) is 5.92 Å². The second kappa shape index (κ2) is 9.60. The zero-order valence-corrected chi connectivity index (χ0v) is 18.1. The summed E-state index contributed by atoms with van der Waals surface area (Å²) in [5.41, 5.74) is 0.326. The van der Waals surface area contributed by atoms with E-state index in [4.69, 9.17) is 4.74 Å². The summed E-state index contributed by atoms with van der Waals surface area (Å²) in [5.74, 6) is -1.10. The predicted molar refractivity (Wildman–Crippen MR) is 113 cm³/mol. The van der Waals surface area contributed by atoms with E-state index >= 15 is 0 Å². The summed E-state index contributed by atoms with van der Waals surface area (Å²) >= 11 is 0. The summed E-state index contributed by atoms with van der Waals surface area (Å²) in [6, 6.07) is 6.72. The maximum Gasteiger partial charge on any atom is 0.408 e. The topological polar surface area (TPSA) is 117 Å². The van der Waals surface area contributed by atoms with E-state index in [1.165, 1.54) is 0 Å². The third-order valence-corrected chi connectivity index (χ3v) is 4.36. The number of nitrogens with one attached hydrogen (secondary N) is 3. The van der Waals surface area contributed by atoms with Gasteiger partial charge in [0.15, 0.2) is 0 Å². The number of hydrogen-bond acceptors (Lipinski definition) is 5. The SMILES string of the molecule is CC(C)N1CC(C(=O)Nc2cccc(NC(=O)CNC(=O)OC(C)(C)C)c2)CC1=O. The van der Waals surface area contributed by atoms with Gasteiger partial charge in [-0.1, -0.05) is 6.07 Å². The highest BCUT2D eigenvalue weighted by Gasteiger charge is 2.35. The lowest BCUT2D eigenvalue weighted by atomic mass is 10.1. The van der Waals surface area contributed by atoms with Crippen molar-refractivity contribution in [2.75, 3.05) is 23.7 Å². The molecular formula is C21H30N4O5. The highest BCUT2D eigenvalue weighted by Crippen LogP contribution is 2.23. The maximum absolute atomic E-state index is 12.5. The van der Waals surface area contributed by atoms with Crippen LogP contribution in [0.3, 0.4) is 0 Å². The third kappa shape index (κ3) is 7.06. The van der Waals surface area contributed by atoms with Crippen molar-refractivity contribution in [3.8, 4) is 0 Å². The summed E-state index contributed by atoms with van der Waals surface area (Å²) in [7, 11) is 0. The summed E-state index contributed by atoms with van der Waals surface area (Å²) in [6.45, 7) is 9.18. The van der Waals surface area contributed by atoms with Crippen molar-refractivity contribution >= 4 is 35.2 Å². The molecule has 0 aromatic heterocycles. The van der Waals surface area contributed by atoms with E-state index in [0.717, 1.165) is 0 Å². The second-order valence-electron chi connectivity index (χ2n) is 8.51. The summed E-state index contributed by atoms with van der Waals surface area (Å²) in [5, 5.41) is 7.83. The molecule has 164 valence electrons. The molecule has 3 N–H and O–H groups in total. The van der Waals surface area contributed by atoms with E-state index in [2.05, 4.69) is 16.0 Å². The minimum absolute atomic E-state index is 0.0244. The van der Waals surface area contributed by atoms with Crippen molar-refractivity contribution in [3.63, 3.8) is 0 Å². The number of carbonyl (C=O) groups excluding carboxylic acids is 4. The Kier molecular flexibility index (Phi) is 7.42. The number of carbonyl (C=O) groups is 4. The number of benzene rings is 1. The van der Waals surface area contributed by atoms with E-state index in [9.17, 15) is 19.2 Å². The number of likely N-dealkylation sites (tertiary alicyclic amines) is 1. The van der Waals surface area contributed by atoms with Gasteiger partial charge in [-0.2, -0.15) is 0 Å². The van der Waals surface area contributed by atoms with E-state index in [1.54, 1.807) is 49.9 Å². The standard InChI is InChI=1S/C21H30N4O5/c1-13(2)25-12-14(9-18(25)27)19(28)24-16-8-6-7-15(10-16)23-17(26)11-22-20(29)30-21(3,4)5/h6-8,10,13-14H,9,11-12H2,1-5H3,(H,22,29)(H,23,26)(H,24,28). The lowest BCUT2D eigenvalue weighted by Crippen LogP contribution is -2.37. The first kappa shape index (κ1) is 23.2. The van der Waals surface area contributed by atoms with Gasteiger partial charge >= 0.3 is 6.09 Å². The van der Waals surface area contributed by atoms with Crippen LogP contribution in [0.25, 0.3) is 0 Å². The molecule has 1 fully saturated rings. The van der Waals surface area contributed by atoms with E-state index < -0.39 is 23.5 Å². The van der Waals surface area contributed by atoms with Crippen molar-refractivity contribution < 1.29 is 23.9 Å². The van der Waals surface area contributed by atoms with Crippen molar-refractivity contribution in [1.82, 2.24) is 10.2 Å². The molecule has 1 aromatic carbocycles. The smallest absolute Gasteiger partial charge is 0.408 e. The molecule has 1 heterocycles. The van der Waals surface area contributed by atoms with Crippen molar-refractivity contribution in [3.05, 3.63) is 24.3 Å². The van der Waals surface area contributed by atoms with Crippen LogP contribution in [-0.4, -0.2) is 53.4 Å². The van der Waals surface area contributed by atoms with Gasteiger partial charge in [0.25, 0.3) is 0 Å². The molecule has 1 aliphatic rings. The molecule has 0 aliphatic carbocycles. The van der Waals surface area contributed by atoms with Gasteiger partial charge in [-0.05, 0) is 52.8 Å². The highest BCUT2D eigenvalue weighted by atomic mass is 16.6. The number of nitrogens with zero attached hydrogens (tertiary/aromatic N) is 1. The molecule has 1 atom stereocenters. The fraction of sp³-hybridized carbons (Fsp3) is 0.524. The Balaban J connectivity index is 1.87. The van der Waals surface area contributed by atoms with Crippen LogP contribution >= 0.6 is 0 Å². The van der Waals surface area contributed by atoms with Gasteiger partial charge in [-0.3, -0.25) is 14.4 Å². The minimum atomic E-state index is -0.680. The van der Waals surface area contributed by atoms with Crippen LogP contribution in [0.15, 0.2) is 24.3 Å². The molecule has 2 rings (SSSR count). The molecular weight excluding hydrogens is 388 g/mol. The Bertz CT molecular complexity index is 816. The van der Waals surface area contributed by atoms with Gasteiger partial charge in [0, 0.05) is 30.4 Å². The monoisotopic (exact) mass is 418 g/mol. The molecule has 30 heavy (non-hydrogen) atoms. The number of anilines is 2. The Hall–Kier alpha value is -3.10. The molecule has 1 aliphatic heterocycles. The highest BCUT2D eigenvalue weighted by molar-refractivity contribution is 5.98. The Morgan fingerprint density at radius 2 is 1.80 bits per heavy atom. The number of rotatable bonds is 6. The average Bonchev–Trinajstić information content (AvgIpc) is 3.01. The van der Waals surface area contributed by atoms with Crippen LogP contribution in [-0.2, 0) is 19.1 Å². The summed E-state index contributed by atoms with van der Waals surface area (Å²) in [4.78, 5) is 49.9. The van der Waals surface area contributed by atoms with E-state index in [-0.39, 0.29) is 30.8 Å². The first-order chi connectivity index (χ1) is 13.9. The molecule has 0 bridgehead atoms. The van der Waals surface area contributed by atoms with Gasteiger partial charge in [-0.15, -0.1) is 0 Å². The van der Waals surface area contributed by atoms with Crippen LogP contribution in [0.5, 0.6) is 0 Å². The quantitative estimate of drug-likeness (QED) is 0.656. The number of hydrogen-bond donors (Lipinski definition) is 3. The first-order valence-electron chi connectivity index (χ1n) is 9.91. The predicted octanol–water partition coefficient (Wildman–Crippen LogP) is 2.35. The van der Waals surface area contributed by atoms with E-state index in [1.807, 2.05) is 13.8 Å². The number of alkyl carbamates (subject to hydrolysis) is 1. The molecule has 9 nitrogen and oxygen atoms in total. The average molecular weight is 418 g/mol. The number of ether oxygens (including phenoxy) is 1. The van der Waals surface area contributed by atoms with Crippen molar-refractivity contribution in [1.29, 1.82) is 0 Å². The van der Waals surface area contributed by atoms with Crippen molar-refractivity contribution in [2.24, 2.45) is 5.92 Å². The minimum Gasteiger partial charge on any atom is -0.444 e. The van der Waals surface area contributed by atoms with Crippen LogP contribution in [0.1, 0.15) is 41.0 Å². The molecule has 1 unspecified atom stereocenters. The first-order valence-corrected chi connectivity index (χ1v) is 9.91. The molecule has 9 heteroatoms. The molecule has 0 spiro atoms. The van der Waals surface area contributed by atoms with Gasteiger partial charge in [0.2, 0.25) is 17.7 Å². The molecule has 0 saturated carbocycles.